The fraction of sp³-hybridized carbons (Fsp3) is 0. The molecule has 0 aliphatic heterocycles. The Kier molecular flexibility index (Phi) is 3.71. The first-order valence-electron chi connectivity index (χ1n) is 1.78. The topological polar surface area (TPSA) is 66.9 Å². The van der Waals surface area contributed by atoms with Crippen LogP contribution in [0.2, 0.25) is 0 Å². The van der Waals surface area contributed by atoms with Crippen LogP contribution in [-0.4, -0.2) is 5.91 Å². The normalized spacial score (nSPS) is 8.88. The number of rotatable bonds is 2. The van der Waals surface area contributed by atoms with E-state index in [1.165, 1.54) is 5.41 Å². The minimum atomic E-state index is -0.534. The largest absolute Gasteiger partial charge is 0.366 e. The van der Waals surface area contributed by atoms with Gasteiger partial charge >= 0.3 is 0 Å². The summed E-state index contributed by atoms with van der Waals surface area (Å²) < 4.78 is 0. The zero-order chi connectivity index (χ0) is 6.41. The fourth-order valence-electron chi connectivity index (χ4n) is 0.132. The van der Waals surface area contributed by atoms with Crippen LogP contribution in [0.3, 0.4) is 0 Å². The van der Waals surface area contributed by atoms with E-state index < -0.39 is 5.91 Å². The van der Waals surface area contributed by atoms with Crippen LogP contribution in [0.5, 0.6) is 0 Å². The Morgan fingerprint density at radius 1 is 1.88 bits per heavy atom. The molecule has 0 saturated heterocycles. The molecule has 0 atom stereocenters. The molecule has 3 nitrogen and oxygen atoms in total. The van der Waals surface area contributed by atoms with Crippen molar-refractivity contribution < 1.29 is 4.79 Å². The van der Waals surface area contributed by atoms with E-state index in [0.717, 1.165) is 17.8 Å². The summed E-state index contributed by atoms with van der Waals surface area (Å²) in [5.41, 5.74) is 4.68. The Balaban J connectivity index is 3.38. The van der Waals surface area contributed by atoms with Crippen molar-refractivity contribution in [1.82, 2.24) is 0 Å². The summed E-state index contributed by atoms with van der Waals surface area (Å²) in [7, 11) is 0. The predicted molar refractivity (Wildman–Crippen MR) is 31.5 cm³/mol. The van der Waals surface area contributed by atoms with Crippen molar-refractivity contribution in [1.29, 1.82) is 5.26 Å². The molecule has 2 N–H and O–H groups in total. The van der Waals surface area contributed by atoms with Gasteiger partial charge < -0.3 is 5.73 Å². The van der Waals surface area contributed by atoms with Crippen LogP contribution in [-0.2, 0) is 4.79 Å². The highest BCUT2D eigenvalue weighted by atomic mass is 32.2. The molecule has 0 aliphatic rings. The van der Waals surface area contributed by atoms with Crippen LogP contribution in [0.4, 0.5) is 0 Å². The average Bonchev–Trinajstić information content (AvgIpc) is 1.66. The van der Waals surface area contributed by atoms with Gasteiger partial charge in [0.05, 0.1) is 0 Å². The summed E-state index contributed by atoms with van der Waals surface area (Å²) in [5.74, 6) is -0.534. The predicted octanol–water partition coefficient (Wildman–Crippen LogP) is 0.200. The van der Waals surface area contributed by atoms with E-state index >= 15 is 0 Å². The summed E-state index contributed by atoms with van der Waals surface area (Å²) in [4.78, 5) is 9.89. The second-order valence-corrected chi connectivity index (χ2v) is 1.60. The first-order valence-corrected chi connectivity index (χ1v) is 2.66. The molecule has 0 unspecified atom stereocenters. The van der Waals surface area contributed by atoms with Gasteiger partial charge in [-0.1, -0.05) is 0 Å². The molecule has 0 bridgehead atoms. The molecule has 0 spiro atoms. The number of thioether (sulfide) groups is 1. The van der Waals surface area contributed by atoms with Gasteiger partial charge in [0.2, 0.25) is 5.91 Å². The molecule has 0 aromatic heterocycles. The molecule has 0 saturated carbocycles. The van der Waals surface area contributed by atoms with Crippen molar-refractivity contribution in [2.45, 2.75) is 0 Å². The van der Waals surface area contributed by atoms with Crippen LogP contribution in [0.1, 0.15) is 0 Å². The number of carbonyl (C=O) groups is 1. The van der Waals surface area contributed by atoms with Crippen molar-refractivity contribution in [3.05, 3.63) is 11.5 Å². The van der Waals surface area contributed by atoms with Gasteiger partial charge in [-0.15, -0.1) is 0 Å². The number of hydrogen-bond donors (Lipinski definition) is 1. The number of hydrogen-bond acceptors (Lipinski definition) is 3. The maximum atomic E-state index is 9.89. The van der Waals surface area contributed by atoms with E-state index in [1.807, 2.05) is 0 Å². The monoisotopic (exact) mass is 128 g/mol. The smallest absolute Gasteiger partial charge is 0.241 e. The maximum Gasteiger partial charge on any atom is 0.241 e. The number of nitrogens with zero attached hydrogens (tertiary/aromatic N) is 1. The highest BCUT2D eigenvalue weighted by molar-refractivity contribution is 8.06. The summed E-state index contributed by atoms with van der Waals surface area (Å²) in [6, 6.07) is 0. The number of carbonyl (C=O) groups excluding carboxylic acids is 1. The summed E-state index contributed by atoms with van der Waals surface area (Å²) in [6.07, 6.45) is 1.13. The van der Waals surface area contributed by atoms with Crippen LogP contribution in [0.25, 0.3) is 0 Å². The molecule has 8 heavy (non-hydrogen) atoms. The lowest BCUT2D eigenvalue weighted by atomic mass is 10.6. The Morgan fingerprint density at radius 3 is 2.88 bits per heavy atom. The van der Waals surface area contributed by atoms with E-state index in [9.17, 15) is 4.79 Å². The molecule has 42 valence electrons. The van der Waals surface area contributed by atoms with Crippen molar-refractivity contribution in [3.8, 4) is 5.40 Å². The van der Waals surface area contributed by atoms with Gasteiger partial charge in [-0.2, -0.15) is 5.26 Å². The molecule has 0 fully saturated rings. The summed E-state index contributed by atoms with van der Waals surface area (Å²) in [5, 5.41) is 11.0. The summed E-state index contributed by atoms with van der Waals surface area (Å²) in [6.45, 7) is 0. The number of nitrogens with two attached hydrogens (primary N) is 1. The number of thiocyanates is 1. The lowest BCUT2D eigenvalue weighted by Crippen LogP contribution is -2.04. The molecule has 4 heteroatoms. The highest BCUT2D eigenvalue weighted by Crippen LogP contribution is 1.95. The second-order valence-electron chi connectivity index (χ2n) is 0.914. The van der Waals surface area contributed by atoms with Gasteiger partial charge in [0, 0.05) is 6.08 Å². The number of amides is 1. The van der Waals surface area contributed by atoms with Crippen LogP contribution >= 0.6 is 11.8 Å². The van der Waals surface area contributed by atoms with Crippen molar-refractivity contribution in [2.75, 3.05) is 0 Å². The van der Waals surface area contributed by atoms with Gasteiger partial charge in [0.15, 0.2) is 0 Å². The Bertz CT molecular complexity index is 147. The van der Waals surface area contributed by atoms with Gasteiger partial charge in [-0.25, -0.2) is 0 Å². The second kappa shape index (κ2) is 4.22. The van der Waals surface area contributed by atoms with E-state index in [2.05, 4.69) is 5.73 Å². The number of nitriles is 1. The first-order chi connectivity index (χ1) is 3.77. The molecule has 1 amide bonds. The minimum Gasteiger partial charge on any atom is -0.366 e. The lowest BCUT2D eigenvalue weighted by molar-refractivity contribution is -0.113. The van der Waals surface area contributed by atoms with E-state index in [-0.39, 0.29) is 0 Å². The number of primary amides is 1. The maximum absolute atomic E-state index is 9.89. The van der Waals surface area contributed by atoms with Crippen molar-refractivity contribution in [2.24, 2.45) is 5.73 Å². The third kappa shape index (κ3) is 5.05. The summed E-state index contributed by atoms with van der Waals surface area (Å²) >= 11 is 0.861. The first kappa shape index (κ1) is 7.05. The van der Waals surface area contributed by atoms with Crippen molar-refractivity contribution in [3.63, 3.8) is 0 Å². The minimum absolute atomic E-state index is 0.534. The molecule has 0 rings (SSSR count). The zero-order valence-corrected chi connectivity index (χ0v) is 4.81. The molecular formula is C4H4N2OS. The highest BCUT2D eigenvalue weighted by Gasteiger charge is 1.78. The van der Waals surface area contributed by atoms with Gasteiger partial charge in [0.25, 0.3) is 0 Å². The quantitative estimate of drug-likeness (QED) is 0.426. The Labute approximate surface area is 51.2 Å². The molecular weight excluding hydrogens is 124 g/mol. The van der Waals surface area contributed by atoms with Crippen LogP contribution in [0, 0.1) is 10.7 Å². The third-order valence-corrected chi connectivity index (χ3v) is 0.731. The molecule has 0 aromatic carbocycles. The molecule has 0 heterocycles. The van der Waals surface area contributed by atoms with Gasteiger partial charge in [0.1, 0.15) is 5.40 Å². The average molecular weight is 128 g/mol. The zero-order valence-electron chi connectivity index (χ0n) is 4.00. The Morgan fingerprint density at radius 2 is 2.50 bits per heavy atom. The fourth-order valence-corrected chi connectivity index (χ4v) is 0.395. The van der Waals surface area contributed by atoms with E-state index in [0.29, 0.717) is 0 Å². The van der Waals surface area contributed by atoms with Gasteiger partial charge in [-0.3, -0.25) is 4.79 Å². The van der Waals surface area contributed by atoms with Crippen molar-refractivity contribution >= 4 is 17.7 Å². The lowest BCUT2D eigenvalue weighted by Gasteiger charge is -1.73. The van der Waals surface area contributed by atoms with Crippen LogP contribution in [0.15, 0.2) is 11.5 Å². The Hall–Kier alpha value is -0.950. The third-order valence-electron chi connectivity index (χ3n) is 0.353. The molecule has 0 aliphatic carbocycles. The molecule has 0 radical (unpaired) electrons. The van der Waals surface area contributed by atoms with E-state index in [4.69, 9.17) is 5.26 Å². The standard InChI is InChI=1S/C4H4N2OS/c5-3-8-2-1-4(6)7/h1-2H,(H2,6,7). The molecule has 0 aromatic rings. The van der Waals surface area contributed by atoms with E-state index in [1.54, 1.807) is 5.40 Å². The van der Waals surface area contributed by atoms with Gasteiger partial charge in [-0.05, 0) is 17.2 Å². The SMILES string of the molecule is N#CSC=CC(N)=O. The van der Waals surface area contributed by atoms with Crippen LogP contribution < -0.4 is 5.73 Å².